The SMILES string of the molecule is CC(CNc1cnnc(Cl)c1)CN1CCCC1. The first-order valence-corrected chi connectivity index (χ1v) is 6.56. The molecular formula is C12H19ClN4. The summed E-state index contributed by atoms with van der Waals surface area (Å²) in [5, 5.41) is 11.3. The molecule has 0 radical (unpaired) electrons. The fraction of sp³-hybridized carbons (Fsp3) is 0.667. The minimum atomic E-state index is 0.433. The van der Waals surface area contributed by atoms with E-state index in [2.05, 4.69) is 27.3 Å². The lowest BCUT2D eigenvalue weighted by Crippen LogP contribution is -2.28. The van der Waals surface area contributed by atoms with Gasteiger partial charge >= 0.3 is 0 Å². The van der Waals surface area contributed by atoms with Crippen LogP contribution in [-0.2, 0) is 0 Å². The van der Waals surface area contributed by atoms with Crippen LogP contribution in [0.5, 0.6) is 0 Å². The Bertz CT molecular complexity index is 352. The molecule has 0 spiro atoms. The molecule has 1 aliphatic rings. The Labute approximate surface area is 107 Å². The van der Waals surface area contributed by atoms with E-state index in [1.165, 1.54) is 32.5 Å². The van der Waals surface area contributed by atoms with Crippen molar-refractivity contribution in [1.82, 2.24) is 15.1 Å². The molecule has 17 heavy (non-hydrogen) atoms. The molecule has 1 fully saturated rings. The van der Waals surface area contributed by atoms with Crippen LogP contribution in [0.2, 0.25) is 5.15 Å². The van der Waals surface area contributed by atoms with E-state index in [0.29, 0.717) is 11.1 Å². The Hall–Kier alpha value is -0.870. The molecular weight excluding hydrogens is 236 g/mol. The van der Waals surface area contributed by atoms with Gasteiger partial charge in [0.25, 0.3) is 0 Å². The van der Waals surface area contributed by atoms with E-state index >= 15 is 0 Å². The maximum atomic E-state index is 5.78. The van der Waals surface area contributed by atoms with Gasteiger partial charge in [0.05, 0.1) is 11.9 Å². The van der Waals surface area contributed by atoms with Crippen LogP contribution in [0, 0.1) is 5.92 Å². The molecule has 1 aromatic rings. The van der Waals surface area contributed by atoms with Gasteiger partial charge in [0.1, 0.15) is 0 Å². The summed E-state index contributed by atoms with van der Waals surface area (Å²) in [4.78, 5) is 2.53. The fourth-order valence-electron chi connectivity index (χ4n) is 2.20. The number of hydrogen-bond donors (Lipinski definition) is 1. The van der Waals surface area contributed by atoms with Gasteiger partial charge in [-0.2, -0.15) is 5.10 Å². The average Bonchev–Trinajstić information content (AvgIpc) is 2.79. The van der Waals surface area contributed by atoms with Crippen molar-refractivity contribution in [3.63, 3.8) is 0 Å². The molecule has 1 aliphatic heterocycles. The van der Waals surface area contributed by atoms with Gasteiger partial charge in [-0.1, -0.05) is 18.5 Å². The maximum absolute atomic E-state index is 5.78. The summed E-state index contributed by atoms with van der Waals surface area (Å²) in [5.41, 5.74) is 0.943. The van der Waals surface area contributed by atoms with Crippen LogP contribution in [0.4, 0.5) is 5.69 Å². The normalized spacial score (nSPS) is 18.2. The van der Waals surface area contributed by atoms with Gasteiger partial charge in [-0.25, -0.2) is 0 Å². The zero-order valence-electron chi connectivity index (χ0n) is 10.2. The number of nitrogens with one attached hydrogen (secondary N) is 1. The summed E-state index contributed by atoms with van der Waals surface area (Å²) in [5.74, 6) is 0.625. The highest BCUT2D eigenvalue weighted by Gasteiger charge is 2.14. The van der Waals surface area contributed by atoms with Crippen LogP contribution in [0.15, 0.2) is 12.3 Å². The predicted octanol–water partition coefficient (Wildman–Crippen LogP) is 2.27. The molecule has 94 valence electrons. The lowest BCUT2D eigenvalue weighted by molar-refractivity contribution is 0.294. The Morgan fingerprint density at radius 1 is 1.47 bits per heavy atom. The summed E-state index contributed by atoms with van der Waals surface area (Å²) >= 11 is 5.78. The number of rotatable bonds is 5. The Morgan fingerprint density at radius 2 is 2.24 bits per heavy atom. The summed E-state index contributed by atoms with van der Waals surface area (Å²) in [7, 11) is 0. The predicted molar refractivity (Wildman–Crippen MR) is 70.4 cm³/mol. The minimum Gasteiger partial charge on any atom is -0.383 e. The number of hydrogen-bond acceptors (Lipinski definition) is 4. The van der Waals surface area contributed by atoms with Crippen LogP contribution in [0.3, 0.4) is 0 Å². The highest BCUT2D eigenvalue weighted by molar-refractivity contribution is 6.29. The third kappa shape index (κ3) is 4.13. The Morgan fingerprint density at radius 3 is 2.94 bits per heavy atom. The van der Waals surface area contributed by atoms with Crippen molar-refractivity contribution in [3.8, 4) is 0 Å². The minimum absolute atomic E-state index is 0.433. The van der Waals surface area contributed by atoms with Crippen LogP contribution in [0.25, 0.3) is 0 Å². The number of anilines is 1. The van der Waals surface area contributed by atoms with Crippen molar-refractivity contribution in [2.75, 3.05) is 31.5 Å². The molecule has 0 aromatic carbocycles. The Kier molecular flexibility index (Phi) is 4.57. The first kappa shape index (κ1) is 12.6. The quantitative estimate of drug-likeness (QED) is 0.875. The highest BCUT2D eigenvalue weighted by Crippen LogP contribution is 2.13. The number of nitrogens with zero attached hydrogens (tertiary/aromatic N) is 3. The van der Waals surface area contributed by atoms with E-state index < -0.39 is 0 Å². The van der Waals surface area contributed by atoms with Gasteiger partial charge in [-0.3, -0.25) is 0 Å². The summed E-state index contributed by atoms with van der Waals surface area (Å²) in [6, 6.07) is 1.80. The molecule has 0 aliphatic carbocycles. The van der Waals surface area contributed by atoms with Gasteiger partial charge in [0.2, 0.25) is 0 Å². The molecule has 4 nitrogen and oxygen atoms in total. The van der Waals surface area contributed by atoms with Crippen molar-refractivity contribution < 1.29 is 0 Å². The van der Waals surface area contributed by atoms with Crippen molar-refractivity contribution in [1.29, 1.82) is 0 Å². The molecule has 0 saturated carbocycles. The zero-order valence-corrected chi connectivity index (χ0v) is 11.0. The third-order valence-corrected chi connectivity index (χ3v) is 3.23. The van der Waals surface area contributed by atoms with E-state index in [1.54, 1.807) is 12.3 Å². The second-order valence-electron chi connectivity index (χ2n) is 4.76. The molecule has 0 amide bonds. The first-order valence-electron chi connectivity index (χ1n) is 6.18. The van der Waals surface area contributed by atoms with Crippen molar-refractivity contribution in [2.45, 2.75) is 19.8 Å². The van der Waals surface area contributed by atoms with Gasteiger partial charge in [0.15, 0.2) is 5.15 Å². The molecule has 1 N–H and O–H groups in total. The second-order valence-corrected chi connectivity index (χ2v) is 5.15. The van der Waals surface area contributed by atoms with E-state index in [-0.39, 0.29) is 0 Å². The fourth-order valence-corrected chi connectivity index (χ4v) is 2.36. The van der Waals surface area contributed by atoms with E-state index in [0.717, 1.165) is 12.2 Å². The van der Waals surface area contributed by atoms with Crippen LogP contribution in [-0.4, -0.2) is 41.3 Å². The summed E-state index contributed by atoms with van der Waals surface area (Å²) in [6.45, 7) is 6.89. The van der Waals surface area contributed by atoms with Crippen molar-refractivity contribution in [3.05, 3.63) is 17.4 Å². The molecule has 1 aromatic heterocycles. The summed E-state index contributed by atoms with van der Waals surface area (Å²) in [6.07, 6.45) is 4.41. The lowest BCUT2D eigenvalue weighted by atomic mass is 10.1. The number of halogens is 1. The van der Waals surface area contributed by atoms with Gasteiger partial charge in [-0.15, -0.1) is 5.10 Å². The zero-order chi connectivity index (χ0) is 12.1. The van der Waals surface area contributed by atoms with Gasteiger partial charge in [-0.05, 0) is 31.8 Å². The standard InChI is InChI=1S/C12H19ClN4/c1-10(9-17-4-2-3-5-17)7-14-11-6-12(13)16-15-8-11/h6,8,10H,2-5,7,9H2,1H3,(H,14,16). The molecule has 1 saturated heterocycles. The van der Waals surface area contributed by atoms with Crippen LogP contribution < -0.4 is 5.32 Å². The smallest absolute Gasteiger partial charge is 0.153 e. The second kappa shape index (κ2) is 6.17. The van der Waals surface area contributed by atoms with Gasteiger partial charge < -0.3 is 10.2 Å². The molecule has 2 heterocycles. The maximum Gasteiger partial charge on any atom is 0.153 e. The van der Waals surface area contributed by atoms with Crippen molar-refractivity contribution >= 4 is 17.3 Å². The number of likely N-dealkylation sites (tertiary alicyclic amines) is 1. The molecule has 5 heteroatoms. The molecule has 2 rings (SSSR count). The number of aromatic nitrogens is 2. The topological polar surface area (TPSA) is 41.1 Å². The monoisotopic (exact) mass is 254 g/mol. The molecule has 1 unspecified atom stereocenters. The lowest BCUT2D eigenvalue weighted by Gasteiger charge is -2.20. The Balaban J connectivity index is 1.73. The van der Waals surface area contributed by atoms with E-state index in [1.807, 2.05) is 0 Å². The largest absolute Gasteiger partial charge is 0.383 e. The van der Waals surface area contributed by atoms with Crippen LogP contribution in [0.1, 0.15) is 19.8 Å². The van der Waals surface area contributed by atoms with Crippen LogP contribution >= 0.6 is 11.6 Å². The van der Waals surface area contributed by atoms with Gasteiger partial charge in [0, 0.05) is 19.2 Å². The van der Waals surface area contributed by atoms with E-state index in [9.17, 15) is 0 Å². The molecule has 1 atom stereocenters. The summed E-state index contributed by atoms with van der Waals surface area (Å²) < 4.78 is 0. The third-order valence-electron chi connectivity index (χ3n) is 3.05. The first-order chi connectivity index (χ1) is 8.24. The molecule has 0 bridgehead atoms. The highest BCUT2D eigenvalue weighted by atomic mass is 35.5. The van der Waals surface area contributed by atoms with E-state index in [4.69, 9.17) is 11.6 Å². The van der Waals surface area contributed by atoms with Crippen molar-refractivity contribution in [2.24, 2.45) is 5.92 Å². The average molecular weight is 255 g/mol.